The van der Waals surface area contributed by atoms with Gasteiger partial charge in [0.2, 0.25) is 0 Å². The first-order valence-electron chi connectivity index (χ1n) is 31.7. The van der Waals surface area contributed by atoms with Gasteiger partial charge in [-0.15, -0.1) is 0 Å². The maximum atomic E-state index is 2.95. The molecule has 1 fully saturated rings. The van der Waals surface area contributed by atoms with Crippen molar-refractivity contribution in [2.45, 2.75) is 306 Å². The highest BCUT2D eigenvalue weighted by atomic mass is 15.3. The molecule has 0 aromatic carbocycles. The molecule has 0 radical (unpaired) electrons. The van der Waals surface area contributed by atoms with Crippen LogP contribution < -0.4 is 0 Å². The van der Waals surface area contributed by atoms with Gasteiger partial charge in [-0.1, -0.05) is 267 Å². The van der Waals surface area contributed by atoms with Gasteiger partial charge in [0.15, 0.2) is 0 Å². The van der Waals surface area contributed by atoms with Crippen LogP contribution in [0.4, 0.5) is 0 Å². The minimum atomic E-state index is 0.829. The molecule has 0 N–H and O–H groups in total. The van der Waals surface area contributed by atoms with Crippen LogP contribution in [0.1, 0.15) is 306 Å². The third-order valence-corrected chi connectivity index (χ3v) is 16.3. The lowest BCUT2D eigenvalue weighted by atomic mass is 9.95. The second-order valence-corrected chi connectivity index (χ2v) is 23.6. The van der Waals surface area contributed by atoms with Crippen LogP contribution >= 0.6 is 0 Å². The van der Waals surface area contributed by atoms with Gasteiger partial charge in [-0.05, 0) is 88.4 Å². The Morgan fingerprint density at radius 3 is 0.836 bits per heavy atom. The molecule has 1 heterocycles. The summed E-state index contributed by atoms with van der Waals surface area (Å²) in [6, 6.07) is 0. The molecule has 0 bridgehead atoms. The zero-order valence-electron chi connectivity index (χ0n) is 48.2. The predicted octanol–water partition coefficient (Wildman–Crippen LogP) is 19.0. The SMILES string of the molecule is CCCCCCCCCCC(C)CN(CCCN1CCN(CCCN(CC(C)CCCCCCCCCC)CC(CC)CCCCCCCCCC)CC1)CC(C)CCCCCCCCCC. The minimum absolute atomic E-state index is 0.829. The first-order valence-corrected chi connectivity index (χ1v) is 31.7. The van der Waals surface area contributed by atoms with E-state index < -0.39 is 0 Å². The van der Waals surface area contributed by atoms with Gasteiger partial charge >= 0.3 is 0 Å². The van der Waals surface area contributed by atoms with Crippen LogP contribution in [-0.4, -0.2) is 98.1 Å². The summed E-state index contributed by atoms with van der Waals surface area (Å²) in [4.78, 5) is 11.5. The van der Waals surface area contributed by atoms with Crippen molar-refractivity contribution in [1.29, 1.82) is 0 Å². The van der Waals surface area contributed by atoms with Crippen LogP contribution in [0.25, 0.3) is 0 Å². The summed E-state index contributed by atoms with van der Waals surface area (Å²) in [6.45, 7) is 35.1. The molecule has 4 atom stereocenters. The Kier molecular flexibility index (Phi) is 47.8. The first kappa shape index (κ1) is 64.9. The zero-order valence-corrected chi connectivity index (χ0v) is 48.2. The van der Waals surface area contributed by atoms with Crippen LogP contribution in [0.5, 0.6) is 0 Å². The van der Waals surface area contributed by atoms with Crippen molar-refractivity contribution in [2.24, 2.45) is 23.7 Å². The van der Waals surface area contributed by atoms with E-state index in [1.165, 1.54) is 329 Å². The van der Waals surface area contributed by atoms with Crippen LogP contribution in [0, 0.1) is 23.7 Å². The van der Waals surface area contributed by atoms with Crippen LogP contribution in [-0.2, 0) is 0 Å². The molecule has 4 heteroatoms. The molecule has 0 saturated carbocycles. The maximum Gasteiger partial charge on any atom is 0.0110 e. The van der Waals surface area contributed by atoms with Gasteiger partial charge in [-0.2, -0.15) is 0 Å². The number of nitrogens with zero attached hydrogens (tertiary/aromatic N) is 4. The van der Waals surface area contributed by atoms with E-state index in [9.17, 15) is 0 Å². The fraction of sp³-hybridized carbons (Fsp3) is 1.00. The normalized spacial score (nSPS) is 15.9. The highest BCUT2D eigenvalue weighted by Gasteiger charge is 2.20. The van der Waals surface area contributed by atoms with Gasteiger partial charge in [-0.25, -0.2) is 0 Å². The molecule has 0 aliphatic carbocycles. The van der Waals surface area contributed by atoms with Gasteiger partial charge in [0.05, 0.1) is 0 Å². The largest absolute Gasteiger partial charge is 0.303 e. The highest BCUT2D eigenvalue weighted by molar-refractivity contribution is 4.76. The van der Waals surface area contributed by atoms with E-state index in [2.05, 4.69) is 75.0 Å². The second-order valence-electron chi connectivity index (χ2n) is 23.6. The van der Waals surface area contributed by atoms with E-state index in [1.807, 2.05) is 0 Å². The van der Waals surface area contributed by atoms with Gasteiger partial charge < -0.3 is 19.6 Å². The summed E-state index contributed by atoms with van der Waals surface area (Å²) >= 11 is 0. The molecule has 67 heavy (non-hydrogen) atoms. The average Bonchev–Trinajstić information content (AvgIpc) is 3.32. The number of piperazine rings is 1. The van der Waals surface area contributed by atoms with Crippen molar-refractivity contribution in [3.05, 3.63) is 0 Å². The second kappa shape index (κ2) is 49.4. The Morgan fingerprint density at radius 2 is 0.552 bits per heavy atom. The minimum Gasteiger partial charge on any atom is -0.303 e. The van der Waals surface area contributed by atoms with Crippen LogP contribution in [0.15, 0.2) is 0 Å². The topological polar surface area (TPSA) is 13.0 Å². The lowest BCUT2D eigenvalue weighted by Crippen LogP contribution is -2.47. The Morgan fingerprint density at radius 1 is 0.299 bits per heavy atom. The summed E-state index contributed by atoms with van der Waals surface area (Å²) in [6.07, 6.45) is 55.8. The third kappa shape index (κ3) is 42.1. The quantitative estimate of drug-likeness (QED) is 0.0563. The Hall–Kier alpha value is -0.160. The van der Waals surface area contributed by atoms with E-state index in [0.717, 1.165) is 23.7 Å². The standard InChI is InChI=1S/C63H130N4/c1-9-14-18-22-26-30-34-38-44-60(6)56-66(57-61(7)45-39-35-31-27-23-19-15-10-2)50-42-48-64-52-54-65(55-53-64)49-43-51-67(58-62(8)46-40-36-32-28-24-20-16-11-3)59-63(13-5)47-41-37-33-29-25-21-17-12-4/h60-63H,9-59H2,1-8H3. The summed E-state index contributed by atoms with van der Waals surface area (Å²) < 4.78 is 0. The molecule has 1 aliphatic rings. The molecule has 1 aliphatic heterocycles. The van der Waals surface area contributed by atoms with Crippen molar-refractivity contribution < 1.29 is 0 Å². The number of hydrogen-bond acceptors (Lipinski definition) is 4. The average molecular weight is 944 g/mol. The molecule has 1 saturated heterocycles. The molecule has 0 aromatic heterocycles. The first-order chi connectivity index (χ1) is 32.8. The lowest BCUT2D eigenvalue weighted by Gasteiger charge is -2.36. The third-order valence-electron chi connectivity index (χ3n) is 16.3. The number of rotatable bonds is 53. The van der Waals surface area contributed by atoms with Crippen LogP contribution in [0.3, 0.4) is 0 Å². The van der Waals surface area contributed by atoms with Crippen molar-refractivity contribution in [3.8, 4) is 0 Å². The Bertz CT molecular complexity index is 920. The van der Waals surface area contributed by atoms with Gasteiger partial charge in [0.25, 0.3) is 0 Å². The molecule has 0 aromatic rings. The lowest BCUT2D eigenvalue weighted by molar-refractivity contribution is 0.115. The van der Waals surface area contributed by atoms with Gasteiger partial charge in [-0.3, -0.25) is 0 Å². The zero-order chi connectivity index (χ0) is 48.7. The summed E-state index contributed by atoms with van der Waals surface area (Å²) in [7, 11) is 0. The molecule has 4 unspecified atom stereocenters. The molecule has 402 valence electrons. The molecule has 0 amide bonds. The highest BCUT2D eigenvalue weighted by Crippen LogP contribution is 2.22. The fourth-order valence-corrected chi connectivity index (χ4v) is 11.6. The molecule has 4 nitrogen and oxygen atoms in total. The van der Waals surface area contributed by atoms with Crippen molar-refractivity contribution in [3.63, 3.8) is 0 Å². The van der Waals surface area contributed by atoms with Crippen molar-refractivity contribution in [2.75, 3.05) is 78.5 Å². The Labute approximate surface area is 425 Å². The summed E-state index contributed by atoms with van der Waals surface area (Å²) in [5, 5.41) is 0. The summed E-state index contributed by atoms with van der Waals surface area (Å²) in [5.74, 6) is 3.37. The number of unbranched alkanes of at least 4 members (excludes halogenated alkanes) is 28. The Balaban J connectivity index is 2.59. The van der Waals surface area contributed by atoms with Crippen molar-refractivity contribution in [1.82, 2.24) is 19.6 Å². The smallest absolute Gasteiger partial charge is 0.0110 e. The van der Waals surface area contributed by atoms with Crippen molar-refractivity contribution >= 4 is 0 Å². The van der Waals surface area contributed by atoms with E-state index >= 15 is 0 Å². The van der Waals surface area contributed by atoms with E-state index in [4.69, 9.17) is 0 Å². The fourth-order valence-electron chi connectivity index (χ4n) is 11.6. The molecule has 1 rings (SSSR count). The van der Waals surface area contributed by atoms with Crippen LogP contribution in [0.2, 0.25) is 0 Å². The summed E-state index contributed by atoms with van der Waals surface area (Å²) in [5.41, 5.74) is 0. The van der Waals surface area contributed by atoms with Gasteiger partial charge in [0, 0.05) is 52.4 Å². The monoisotopic (exact) mass is 943 g/mol. The van der Waals surface area contributed by atoms with E-state index in [0.29, 0.717) is 0 Å². The predicted molar refractivity (Wildman–Crippen MR) is 305 cm³/mol. The molecular weight excluding hydrogens is 813 g/mol. The number of hydrogen-bond donors (Lipinski definition) is 0. The maximum absolute atomic E-state index is 2.95. The van der Waals surface area contributed by atoms with E-state index in [1.54, 1.807) is 0 Å². The molecule has 0 spiro atoms. The molecular formula is C63H130N4. The van der Waals surface area contributed by atoms with E-state index in [-0.39, 0.29) is 0 Å². The van der Waals surface area contributed by atoms with Gasteiger partial charge in [0.1, 0.15) is 0 Å².